The van der Waals surface area contributed by atoms with Gasteiger partial charge in [-0.05, 0) is 17.7 Å². The first-order valence-electron chi connectivity index (χ1n) is 4.74. The van der Waals surface area contributed by atoms with Gasteiger partial charge in [0.15, 0.2) is 0 Å². The molecule has 2 aromatic rings. The van der Waals surface area contributed by atoms with Crippen LogP contribution in [0, 0.1) is 0 Å². The highest BCUT2D eigenvalue weighted by Gasteiger charge is 2.03. The van der Waals surface area contributed by atoms with E-state index in [-0.39, 0.29) is 0 Å². The minimum absolute atomic E-state index is 0.303. The lowest BCUT2D eigenvalue weighted by Gasteiger charge is -2.00. The molecule has 0 fully saturated rings. The zero-order chi connectivity index (χ0) is 12.4. The Hall–Kier alpha value is -2.63. The van der Waals surface area contributed by atoms with Crippen molar-refractivity contribution < 1.29 is 9.90 Å². The Morgan fingerprint density at radius 3 is 2.71 bits per heavy atom. The number of hydrogen-bond donors (Lipinski definition) is 3. The highest BCUT2D eigenvalue weighted by atomic mass is 16.4. The van der Waals surface area contributed by atoms with Crippen LogP contribution in [-0.4, -0.2) is 21.0 Å². The van der Waals surface area contributed by atoms with Crippen molar-refractivity contribution in [2.45, 2.75) is 0 Å². The van der Waals surface area contributed by atoms with Gasteiger partial charge < -0.3 is 10.1 Å². The second kappa shape index (κ2) is 4.09. The Morgan fingerprint density at radius 1 is 1.24 bits per heavy atom. The molecular weight excluding hydrogens is 224 g/mol. The fourth-order valence-corrected chi connectivity index (χ4v) is 1.51. The molecule has 0 amide bonds. The molecule has 0 aliphatic heterocycles. The number of benzene rings is 1. The average Bonchev–Trinajstić information content (AvgIpc) is 2.26. The van der Waals surface area contributed by atoms with Gasteiger partial charge in [0.05, 0.1) is 10.9 Å². The molecule has 6 nitrogen and oxygen atoms in total. The monoisotopic (exact) mass is 232 g/mol. The van der Waals surface area contributed by atoms with Gasteiger partial charge in [-0.1, -0.05) is 12.1 Å². The normalized spacial score (nSPS) is 11.1. The van der Waals surface area contributed by atoms with Gasteiger partial charge in [-0.3, -0.25) is 9.78 Å². The summed E-state index contributed by atoms with van der Waals surface area (Å²) in [5.41, 5.74) is -0.347. The molecule has 0 saturated heterocycles. The molecule has 0 aliphatic carbocycles. The predicted octanol–water partition coefficient (Wildman–Crippen LogP) is 0.314. The Kier molecular flexibility index (Phi) is 2.61. The molecule has 0 atom stereocenters. The summed E-state index contributed by atoms with van der Waals surface area (Å²) in [4.78, 5) is 37.6. The molecular formula is C11H8N2O4. The van der Waals surface area contributed by atoms with Crippen LogP contribution >= 0.6 is 0 Å². The largest absolute Gasteiger partial charge is 0.478 e. The summed E-state index contributed by atoms with van der Waals surface area (Å²) in [6.07, 6.45) is 2.26. The summed E-state index contributed by atoms with van der Waals surface area (Å²) >= 11 is 0. The zero-order valence-electron chi connectivity index (χ0n) is 8.56. The van der Waals surface area contributed by atoms with Gasteiger partial charge in [-0.25, -0.2) is 9.59 Å². The Labute approximate surface area is 94.2 Å². The van der Waals surface area contributed by atoms with Crippen molar-refractivity contribution in [2.75, 3.05) is 0 Å². The Balaban J connectivity index is 2.77. The molecule has 2 rings (SSSR count). The number of carboxylic acid groups (broad SMARTS) is 1. The number of aromatic amines is 2. The number of fused-ring (bicyclic) bond motifs is 1. The molecule has 1 aromatic heterocycles. The van der Waals surface area contributed by atoms with Crippen LogP contribution in [0.25, 0.3) is 17.0 Å². The number of nitrogens with one attached hydrogen (secondary N) is 2. The van der Waals surface area contributed by atoms with E-state index in [1.165, 1.54) is 6.08 Å². The molecule has 0 spiro atoms. The van der Waals surface area contributed by atoms with E-state index in [1.54, 1.807) is 18.2 Å². The van der Waals surface area contributed by atoms with Crippen molar-refractivity contribution in [3.05, 3.63) is 50.7 Å². The fraction of sp³-hybridized carbons (Fsp3) is 0. The fourth-order valence-electron chi connectivity index (χ4n) is 1.51. The van der Waals surface area contributed by atoms with Crippen LogP contribution < -0.4 is 11.2 Å². The third kappa shape index (κ3) is 2.15. The van der Waals surface area contributed by atoms with Crippen LogP contribution in [0.4, 0.5) is 0 Å². The van der Waals surface area contributed by atoms with Crippen LogP contribution in [0.3, 0.4) is 0 Å². The van der Waals surface area contributed by atoms with E-state index in [9.17, 15) is 14.4 Å². The highest BCUT2D eigenvalue weighted by Crippen LogP contribution is 2.12. The second-order valence-electron chi connectivity index (χ2n) is 3.35. The molecule has 0 saturated carbocycles. The minimum Gasteiger partial charge on any atom is -0.478 e. The second-order valence-corrected chi connectivity index (χ2v) is 3.35. The van der Waals surface area contributed by atoms with E-state index in [1.807, 2.05) is 0 Å². The van der Waals surface area contributed by atoms with Gasteiger partial charge in [0.1, 0.15) is 0 Å². The molecule has 0 aliphatic rings. The third-order valence-electron chi connectivity index (χ3n) is 2.21. The van der Waals surface area contributed by atoms with Gasteiger partial charge in [-0.2, -0.15) is 0 Å². The van der Waals surface area contributed by atoms with Gasteiger partial charge in [0.25, 0.3) is 5.56 Å². The summed E-state index contributed by atoms with van der Waals surface area (Å²) in [6, 6.07) is 4.76. The predicted molar refractivity (Wildman–Crippen MR) is 61.9 cm³/mol. The van der Waals surface area contributed by atoms with Crippen molar-refractivity contribution in [3.8, 4) is 0 Å². The van der Waals surface area contributed by atoms with E-state index >= 15 is 0 Å². The van der Waals surface area contributed by atoms with Gasteiger partial charge in [-0.15, -0.1) is 0 Å². The molecule has 0 unspecified atom stereocenters. The molecule has 3 N–H and O–H groups in total. The standard InChI is InChI=1S/C11H8N2O4/c14-8(15)5-4-6-2-1-3-7-9(6)12-11(17)13-10(7)16/h1-5H,(H,14,15)(H2,12,13,16,17)/b5-4+. The van der Waals surface area contributed by atoms with Crippen molar-refractivity contribution in [2.24, 2.45) is 0 Å². The number of aromatic nitrogens is 2. The maximum Gasteiger partial charge on any atom is 0.328 e. The lowest BCUT2D eigenvalue weighted by molar-refractivity contribution is -0.131. The summed E-state index contributed by atoms with van der Waals surface area (Å²) in [7, 11) is 0. The first kappa shape index (κ1) is 10.9. The first-order chi connectivity index (χ1) is 8.08. The van der Waals surface area contributed by atoms with Crippen LogP contribution in [0.2, 0.25) is 0 Å². The number of para-hydroxylation sites is 1. The average molecular weight is 232 g/mol. The van der Waals surface area contributed by atoms with E-state index in [0.717, 1.165) is 6.08 Å². The summed E-state index contributed by atoms with van der Waals surface area (Å²) in [6.45, 7) is 0. The topological polar surface area (TPSA) is 103 Å². The summed E-state index contributed by atoms with van der Waals surface area (Å²) in [5.74, 6) is -1.10. The van der Waals surface area contributed by atoms with E-state index < -0.39 is 17.2 Å². The summed E-state index contributed by atoms with van der Waals surface area (Å²) < 4.78 is 0. The smallest absolute Gasteiger partial charge is 0.328 e. The molecule has 86 valence electrons. The zero-order valence-corrected chi connectivity index (χ0v) is 8.56. The number of hydrogen-bond acceptors (Lipinski definition) is 3. The van der Waals surface area contributed by atoms with Crippen LogP contribution in [0.15, 0.2) is 33.9 Å². The lowest BCUT2D eigenvalue weighted by atomic mass is 10.1. The number of H-pyrrole nitrogens is 2. The lowest BCUT2D eigenvalue weighted by Crippen LogP contribution is -2.22. The minimum atomic E-state index is -1.10. The van der Waals surface area contributed by atoms with Crippen LogP contribution in [0.1, 0.15) is 5.56 Å². The van der Waals surface area contributed by atoms with E-state index in [4.69, 9.17) is 5.11 Å². The molecule has 1 aromatic carbocycles. The van der Waals surface area contributed by atoms with Crippen molar-refractivity contribution in [1.29, 1.82) is 0 Å². The number of aliphatic carboxylic acids is 1. The number of carbonyl (C=O) groups is 1. The summed E-state index contributed by atoms with van der Waals surface area (Å²) in [5, 5.41) is 8.83. The SMILES string of the molecule is O=C(O)/C=C/c1cccc2c(=O)[nH]c(=O)[nH]c12. The Bertz CT molecular complexity index is 724. The maximum atomic E-state index is 11.5. The number of rotatable bonds is 2. The molecule has 0 bridgehead atoms. The molecule has 17 heavy (non-hydrogen) atoms. The molecule has 1 heterocycles. The van der Waals surface area contributed by atoms with Gasteiger partial charge in [0, 0.05) is 6.08 Å². The van der Waals surface area contributed by atoms with Gasteiger partial charge >= 0.3 is 11.7 Å². The van der Waals surface area contributed by atoms with Crippen molar-refractivity contribution in [3.63, 3.8) is 0 Å². The van der Waals surface area contributed by atoms with Crippen molar-refractivity contribution in [1.82, 2.24) is 9.97 Å². The van der Waals surface area contributed by atoms with E-state index in [2.05, 4.69) is 9.97 Å². The third-order valence-corrected chi connectivity index (χ3v) is 2.21. The molecule has 6 heteroatoms. The number of carboxylic acids is 1. The van der Waals surface area contributed by atoms with Gasteiger partial charge in [0.2, 0.25) is 0 Å². The maximum absolute atomic E-state index is 11.5. The highest BCUT2D eigenvalue weighted by molar-refractivity contribution is 5.91. The first-order valence-corrected chi connectivity index (χ1v) is 4.74. The van der Waals surface area contributed by atoms with Crippen LogP contribution in [-0.2, 0) is 4.79 Å². The van der Waals surface area contributed by atoms with Crippen LogP contribution in [0.5, 0.6) is 0 Å². The Morgan fingerprint density at radius 2 is 2.00 bits per heavy atom. The van der Waals surface area contributed by atoms with E-state index in [0.29, 0.717) is 16.5 Å². The quantitative estimate of drug-likeness (QED) is 0.648. The van der Waals surface area contributed by atoms with Crippen molar-refractivity contribution >= 4 is 22.9 Å². The molecule has 0 radical (unpaired) electrons.